The fourth-order valence-corrected chi connectivity index (χ4v) is 1.77. The van der Waals surface area contributed by atoms with E-state index >= 15 is 0 Å². The molecule has 0 aliphatic heterocycles. The molecule has 0 aliphatic carbocycles. The number of aryl methyl sites for hydroxylation is 1. The number of anilines is 1. The molecule has 0 saturated carbocycles. The predicted molar refractivity (Wildman–Crippen MR) is 72.9 cm³/mol. The van der Waals surface area contributed by atoms with Crippen LogP contribution in [-0.2, 0) is 6.42 Å². The van der Waals surface area contributed by atoms with Crippen molar-refractivity contribution in [1.82, 2.24) is 0 Å². The molecule has 0 radical (unpaired) electrons. The minimum Gasteiger partial charge on any atom is -0.457 e. The summed E-state index contributed by atoms with van der Waals surface area (Å²) in [5.74, 6) is 1.59. The van der Waals surface area contributed by atoms with Crippen LogP contribution in [0.15, 0.2) is 42.5 Å². The van der Waals surface area contributed by atoms with E-state index in [1.807, 2.05) is 49.4 Å². The van der Waals surface area contributed by atoms with Crippen LogP contribution in [0.5, 0.6) is 11.5 Å². The van der Waals surface area contributed by atoms with E-state index in [-0.39, 0.29) is 6.61 Å². The van der Waals surface area contributed by atoms with E-state index in [4.69, 9.17) is 15.6 Å². The van der Waals surface area contributed by atoms with Crippen LogP contribution in [0.1, 0.15) is 11.1 Å². The van der Waals surface area contributed by atoms with Gasteiger partial charge in [0.1, 0.15) is 11.5 Å². The molecule has 3 heteroatoms. The Bertz CT molecular complexity index is 521. The van der Waals surface area contributed by atoms with Crippen molar-refractivity contribution in [3.63, 3.8) is 0 Å². The summed E-state index contributed by atoms with van der Waals surface area (Å²) in [4.78, 5) is 0. The van der Waals surface area contributed by atoms with Crippen molar-refractivity contribution in [2.24, 2.45) is 0 Å². The van der Waals surface area contributed by atoms with E-state index in [2.05, 4.69) is 0 Å². The van der Waals surface area contributed by atoms with Crippen molar-refractivity contribution >= 4 is 5.69 Å². The SMILES string of the molecule is Cc1cc(N)ccc1Oc1ccc(CCO)cc1. The molecule has 0 unspecified atom stereocenters. The van der Waals surface area contributed by atoms with Crippen molar-refractivity contribution in [3.05, 3.63) is 53.6 Å². The van der Waals surface area contributed by atoms with Crippen molar-refractivity contribution in [2.45, 2.75) is 13.3 Å². The van der Waals surface area contributed by atoms with Gasteiger partial charge >= 0.3 is 0 Å². The molecule has 94 valence electrons. The Hall–Kier alpha value is -2.00. The van der Waals surface area contributed by atoms with E-state index in [1.54, 1.807) is 0 Å². The average molecular weight is 243 g/mol. The van der Waals surface area contributed by atoms with Crippen LogP contribution in [0, 0.1) is 6.92 Å². The van der Waals surface area contributed by atoms with Crippen LogP contribution >= 0.6 is 0 Å². The van der Waals surface area contributed by atoms with Gasteiger partial charge in [-0.3, -0.25) is 0 Å². The number of ether oxygens (including phenoxy) is 1. The van der Waals surface area contributed by atoms with Gasteiger partial charge < -0.3 is 15.6 Å². The molecule has 0 fully saturated rings. The number of hydrogen-bond donors (Lipinski definition) is 2. The minimum absolute atomic E-state index is 0.164. The van der Waals surface area contributed by atoms with Gasteiger partial charge in [-0.25, -0.2) is 0 Å². The molecule has 3 nitrogen and oxygen atoms in total. The molecule has 0 heterocycles. The molecule has 3 N–H and O–H groups in total. The largest absolute Gasteiger partial charge is 0.457 e. The molecule has 2 rings (SSSR count). The summed E-state index contributed by atoms with van der Waals surface area (Å²) in [5, 5.41) is 8.84. The first-order chi connectivity index (χ1) is 8.69. The van der Waals surface area contributed by atoms with E-state index in [0.29, 0.717) is 6.42 Å². The molecule has 2 aromatic rings. The molecular weight excluding hydrogens is 226 g/mol. The van der Waals surface area contributed by atoms with Gasteiger partial charge in [0.15, 0.2) is 0 Å². The van der Waals surface area contributed by atoms with Crippen molar-refractivity contribution < 1.29 is 9.84 Å². The quantitative estimate of drug-likeness (QED) is 0.812. The molecule has 0 bridgehead atoms. The summed E-state index contributed by atoms with van der Waals surface area (Å²) in [6.45, 7) is 2.13. The Kier molecular flexibility index (Phi) is 3.85. The third-order valence-corrected chi connectivity index (χ3v) is 2.75. The summed E-state index contributed by atoms with van der Waals surface area (Å²) in [6, 6.07) is 13.3. The topological polar surface area (TPSA) is 55.5 Å². The van der Waals surface area contributed by atoms with Gasteiger partial charge in [0.25, 0.3) is 0 Å². The Balaban J connectivity index is 2.13. The second-order valence-electron chi connectivity index (χ2n) is 4.24. The van der Waals surface area contributed by atoms with Gasteiger partial charge in [0.2, 0.25) is 0 Å². The highest BCUT2D eigenvalue weighted by molar-refractivity contribution is 5.48. The molecular formula is C15H17NO2. The Morgan fingerprint density at radius 1 is 1.11 bits per heavy atom. The number of hydrogen-bond acceptors (Lipinski definition) is 3. The second-order valence-corrected chi connectivity index (χ2v) is 4.24. The lowest BCUT2D eigenvalue weighted by Crippen LogP contribution is -1.92. The van der Waals surface area contributed by atoms with Crippen LogP contribution < -0.4 is 10.5 Å². The number of rotatable bonds is 4. The van der Waals surface area contributed by atoms with E-state index in [0.717, 1.165) is 28.3 Å². The summed E-state index contributed by atoms with van der Waals surface area (Å²) < 4.78 is 5.78. The molecule has 0 aromatic heterocycles. The third kappa shape index (κ3) is 3.02. The summed E-state index contributed by atoms with van der Waals surface area (Å²) in [7, 11) is 0. The van der Waals surface area contributed by atoms with Crippen LogP contribution in [0.3, 0.4) is 0 Å². The molecule has 18 heavy (non-hydrogen) atoms. The summed E-state index contributed by atoms with van der Waals surface area (Å²) >= 11 is 0. The van der Waals surface area contributed by atoms with Gasteiger partial charge in [-0.2, -0.15) is 0 Å². The normalized spacial score (nSPS) is 10.3. The van der Waals surface area contributed by atoms with Gasteiger partial charge in [-0.1, -0.05) is 12.1 Å². The summed E-state index contributed by atoms with van der Waals surface area (Å²) in [6.07, 6.45) is 0.668. The maximum atomic E-state index is 8.84. The van der Waals surface area contributed by atoms with Crippen LogP contribution in [0.4, 0.5) is 5.69 Å². The van der Waals surface area contributed by atoms with Gasteiger partial charge in [0.05, 0.1) is 0 Å². The van der Waals surface area contributed by atoms with Gasteiger partial charge in [-0.15, -0.1) is 0 Å². The maximum Gasteiger partial charge on any atom is 0.130 e. The van der Waals surface area contributed by atoms with E-state index in [9.17, 15) is 0 Å². The zero-order valence-electron chi connectivity index (χ0n) is 10.4. The lowest BCUT2D eigenvalue weighted by Gasteiger charge is -2.09. The van der Waals surface area contributed by atoms with E-state index < -0.39 is 0 Å². The number of benzene rings is 2. The first-order valence-electron chi connectivity index (χ1n) is 5.93. The number of nitrogen functional groups attached to an aromatic ring is 1. The molecule has 0 amide bonds. The highest BCUT2D eigenvalue weighted by Gasteiger charge is 2.02. The predicted octanol–water partition coefficient (Wildman–Crippen LogP) is 2.90. The first-order valence-corrected chi connectivity index (χ1v) is 5.93. The van der Waals surface area contributed by atoms with Crippen LogP contribution in [0.25, 0.3) is 0 Å². The highest BCUT2D eigenvalue weighted by atomic mass is 16.5. The van der Waals surface area contributed by atoms with Crippen molar-refractivity contribution in [1.29, 1.82) is 0 Å². The lowest BCUT2D eigenvalue weighted by molar-refractivity contribution is 0.299. The monoisotopic (exact) mass is 243 g/mol. The molecule has 2 aromatic carbocycles. The molecule has 0 aliphatic rings. The fraction of sp³-hybridized carbons (Fsp3) is 0.200. The standard InChI is InChI=1S/C15H17NO2/c1-11-10-13(16)4-7-15(11)18-14-5-2-12(3-6-14)8-9-17/h2-7,10,17H,8-9,16H2,1H3. The number of aliphatic hydroxyl groups is 1. The minimum atomic E-state index is 0.164. The Morgan fingerprint density at radius 3 is 2.44 bits per heavy atom. The Morgan fingerprint density at radius 2 is 1.83 bits per heavy atom. The number of nitrogens with two attached hydrogens (primary N) is 1. The van der Waals surface area contributed by atoms with Gasteiger partial charge in [0, 0.05) is 12.3 Å². The summed E-state index contributed by atoms with van der Waals surface area (Å²) in [5.41, 5.74) is 8.53. The second kappa shape index (κ2) is 5.56. The molecule has 0 saturated heterocycles. The van der Waals surface area contributed by atoms with Gasteiger partial charge in [-0.05, 0) is 54.8 Å². The first kappa shape index (κ1) is 12.5. The van der Waals surface area contributed by atoms with Crippen LogP contribution in [-0.4, -0.2) is 11.7 Å². The van der Waals surface area contributed by atoms with Crippen molar-refractivity contribution in [3.8, 4) is 11.5 Å². The van der Waals surface area contributed by atoms with Crippen LogP contribution in [0.2, 0.25) is 0 Å². The lowest BCUT2D eigenvalue weighted by atomic mass is 10.1. The number of aliphatic hydroxyl groups excluding tert-OH is 1. The zero-order chi connectivity index (χ0) is 13.0. The maximum absolute atomic E-state index is 8.84. The molecule has 0 atom stereocenters. The molecule has 0 spiro atoms. The highest BCUT2D eigenvalue weighted by Crippen LogP contribution is 2.26. The zero-order valence-corrected chi connectivity index (χ0v) is 10.4. The smallest absolute Gasteiger partial charge is 0.130 e. The van der Waals surface area contributed by atoms with Crippen molar-refractivity contribution in [2.75, 3.05) is 12.3 Å². The van der Waals surface area contributed by atoms with E-state index in [1.165, 1.54) is 0 Å². The third-order valence-electron chi connectivity index (χ3n) is 2.75. The fourth-order valence-electron chi connectivity index (χ4n) is 1.77. The Labute approximate surface area is 107 Å². The average Bonchev–Trinajstić information content (AvgIpc) is 2.35.